The van der Waals surface area contributed by atoms with Gasteiger partial charge in [-0.05, 0) is 0 Å². The molecule has 13 heteroatoms. The Balaban J connectivity index is 2.31. The largest absolute Gasteiger partial charge is 0.394 e. The fraction of sp³-hybridized carbons (Fsp3) is 0.583. The number of ether oxygens (including phenoxy) is 1. The van der Waals surface area contributed by atoms with Gasteiger partial charge in [0.05, 0.1) is 6.61 Å². The third kappa shape index (κ3) is 2.49. The monoisotopic (exact) mass is 376 g/mol. The number of hydrogen-bond donors (Lipinski definition) is 5. The van der Waals surface area contributed by atoms with Gasteiger partial charge < -0.3 is 31.6 Å². The average Bonchev–Trinajstić information content (AvgIpc) is 3.01. The van der Waals surface area contributed by atoms with Crippen LogP contribution in [0.25, 0.3) is 11.2 Å². The lowest BCUT2D eigenvalue weighted by Gasteiger charge is -2.15. The number of anilines is 1. The number of aliphatic hydroxyl groups excluding tert-OH is 3. The van der Waals surface area contributed by atoms with Crippen LogP contribution in [0.2, 0.25) is 0 Å². The molecule has 2 aromatic heterocycles. The molecule has 0 radical (unpaired) electrons. The van der Waals surface area contributed by atoms with Crippen LogP contribution in [-0.2, 0) is 11.3 Å². The fourth-order valence-corrected chi connectivity index (χ4v) is 3.03. The molecule has 3 heterocycles. The van der Waals surface area contributed by atoms with Crippen LogP contribution >= 0.6 is 11.6 Å². The van der Waals surface area contributed by atoms with E-state index in [-0.39, 0.29) is 29.5 Å². The van der Waals surface area contributed by atoms with Gasteiger partial charge in [-0.1, -0.05) is 0 Å². The summed E-state index contributed by atoms with van der Waals surface area (Å²) in [6.07, 6.45) is -5.45. The summed E-state index contributed by atoms with van der Waals surface area (Å²) in [4.78, 5) is 29.1. The Morgan fingerprint density at radius 3 is 2.52 bits per heavy atom. The Hall–Kier alpha value is -2.12. The standard InChI is InChI=1S/C12H17ClN6O6/c13-1-2-17-5-8(16-11(14)19(15)9(5)23)18(12(17)24)10-7(22)6(21)4(3-20)25-10/h4,6-7,10,20-22H,1-3,15H2,(H2,14,16)/t4-,6-,7-,10-/m1/s1. The molecule has 25 heavy (non-hydrogen) atoms. The Kier molecular flexibility index (Phi) is 4.47. The molecule has 12 nitrogen and oxygen atoms in total. The van der Waals surface area contributed by atoms with Crippen molar-refractivity contribution in [1.29, 1.82) is 0 Å². The number of aryl methyl sites for hydroxylation is 1. The summed E-state index contributed by atoms with van der Waals surface area (Å²) in [5.41, 5.74) is 3.72. The number of halogens is 1. The predicted molar refractivity (Wildman–Crippen MR) is 86.5 cm³/mol. The molecule has 138 valence electrons. The molecule has 0 amide bonds. The summed E-state index contributed by atoms with van der Waals surface area (Å²) in [5.74, 6) is 5.18. The van der Waals surface area contributed by atoms with E-state index in [9.17, 15) is 24.9 Å². The quantitative estimate of drug-likeness (QED) is 0.267. The van der Waals surface area contributed by atoms with E-state index in [4.69, 9.17) is 27.9 Å². The van der Waals surface area contributed by atoms with Crippen molar-refractivity contribution < 1.29 is 20.1 Å². The molecule has 1 fully saturated rings. The van der Waals surface area contributed by atoms with Gasteiger partial charge in [-0.2, -0.15) is 9.66 Å². The van der Waals surface area contributed by atoms with Crippen molar-refractivity contribution in [2.75, 3.05) is 24.1 Å². The first kappa shape index (κ1) is 17.7. The van der Waals surface area contributed by atoms with Crippen molar-refractivity contribution in [3.8, 4) is 0 Å². The van der Waals surface area contributed by atoms with Gasteiger partial charge in [0.15, 0.2) is 17.4 Å². The number of nitrogen functional groups attached to an aromatic ring is 2. The SMILES string of the molecule is Nc1nc2c(c(=O)n1N)n(CCCl)c(=O)n2[C@@H]1O[C@H](CO)[C@@H](O)[C@H]1O. The molecular formula is C12H17ClN6O6. The zero-order valence-electron chi connectivity index (χ0n) is 12.8. The summed E-state index contributed by atoms with van der Waals surface area (Å²) >= 11 is 5.69. The minimum absolute atomic E-state index is 0.0172. The van der Waals surface area contributed by atoms with E-state index in [1.54, 1.807) is 0 Å². The minimum atomic E-state index is -1.53. The minimum Gasteiger partial charge on any atom is -0.394 e. The summed E-state index contributed by atoms with van der Waals surface area (Å²) in [6.45, 7) is -0.603. The normalized spacial score (nSPS) is 26.6. The van der Waals surface area contributed by atoms with E-state index >= 15 is 0 Å². The van der Waals surface area contributed by atoms with Gasteiger partial charge in [-0.3, -0.25) is 9.36 Å². The molecule has 1 aliphatic rings. The zero-order valence-corrected chi connectivity index (χ0v) is 13.6. The van der Waals surface area contributed by atoms with Gasteiger partial charge in [0.25, 0.3) is 5.56 Å². The number of aliphatic hydroxyl groups is 3. The van der Waals surface area contributed by atoms with Gasteiger partial charge in [-0.15, -0.1) is 11.6 Å². The predicted octanol–water partition coefficient (Wildman–Crippen LogP) is -3.49. The second-order valence-corrected chi connectivity index (χ2v) is 5.92. The summed E-state index contributed by atoms with van der Waals surface area (Å²) in [6, 6.07) is 0. The number of fused-ring (bicyclic) bond motifs is 1. The van der Waals surface area contributed by atoms with Crippen LogP contribution in [0, 0.1) is 0 Å². The first-order chi connectivity index (χ1) is 11.8. The maximum atomic E-state index is 12.7. The number of imidazole rings is 1. The number of hydrogen-bond acceptors (Lipinski definition) is 9. The van der Waals surface area contributed by atoms with Crippen molar-refractivity contribution in [2.45, 2.75) is 31.1 Å². The molecule has 0 spiro atoms. The lowest BCUT2D eigenvalue weighted by molar-refractivity contribution is -0.0527. The fourth-order valence-electron chi connectivity index (χ4n) is 2.86. The van der Waals surface area contributed by atoms with Gasteiger partial charge in [0.1, 0.15) is 18.3 Å². The van der Waals surface area contributed by atoms with Gasteiger partial charge in [-0.25, -0.2) is 9.36 Å². The number of nitrogens with two attached hydrogens (primary N) is 2. The summed E-state index contributed by atoms with van der Waals surface area (Å²) < 4.78 is 7.86. The zero-order chi connectivity index (χ0) is 18.5. The Bertz CT molecular complexity index is 921. The molecule has 0 saturated carbocycles. The molecule has 0 bridgehead atoms. The lowest BCUT2D eigenvalue weighted by Crippen LogP contribution is -2.36. The van der Waals surface area contributed by atoms with Crippen LogP contribution in [-0.4, -0.2) is 64.9 Å². The van der Waals surface area contributed by atoms with Gasteiger partial charge in [0.2, 0.25) is 5.95 Å². The number of nitrogens with zero attached hydrogens (tertiary/aromatic N) is 4. The Labute approximate surface area is 144 Å². The first-order valence-electron chi connectivity index (χ1n) is 7.30. The van der Waals surface area contributed by atoms with Gasteiger partial charge in [0, 0.05) is 12.4 Å². The number of alkyl halides is 1. The van der Waals surface area contributed by atoms with Crippen LogP contribution in [0.15, 0.2) is 9.59 Å². The number of aromatic nitrogens is 4. The molecule has 3 rings (SSSR count). The third-order valence-electron chi connectivity index (χ3n) is 4.12. The molecule has 2 aromatic rings. The van der Waals surface area contributed by atoms with E-state index in [0.717, 1.165) is 9.13 Å². The van der Waals surface area contributed by atoms with Gasteiger partial charge >= 0.3 is 5.69 Å². The van der Waals surface area contributed by atoms with Crippen molar-refractivity contribution in [3.63, 3.8) is 0 Å². The highest BCUT2D eigenvalue weighted by Gasteiger charge is 2.45. The van der Waals surface area contributed by atoms with Crippen LogP contribution < -0.4 is 22.8 Å². The van der Waals surface area contributed by atoms with Crippen LogP contribution in [0.4, 0.5) is 5.95 Å². The van der Waals surface area contributed by atoms with E-state index in [0.29, 0.717) is 4.68 Å². The number of rotatable bonds is 4. The average molecular weight is 377 g/mol. The highest BCUT2D eigenvalue weighted by Crippen LogP contribution is 2.30. The third-order valence-corrected chi connectivity index (χ3v) is 4.28. The highest BCUT2D eigenvalue weighted by molar-refractivity contribution is 6.17. The first-order valence-corrected chi connectivity index (χ1v) is 7.83. The second kappa shape index (κ2) is 6.31. The maximum Gasteiger partial charge on any atom is 0.332 e. The Morgan fingerprint density at radius 2 is 1.96 bits per heavy atom. The van der Waals surface area contributed by atoms with Crippen molar-refractivity contribution in [1.82, 2.24) is 18.8 Å². The van der Waals surface area contributed by atoms with E-state index in [1.165, 1.54) is 0 Å². The molecule has 1 aliphatic heterocycles. The molecule has 0 aliphatic carbocycles. The molecular weight excluding hydrogens is 360 g/mol. The van der Waals surface area contributed by atoms with E-state index < -0.39 is 42.4 Å². The molecule has 4 atom stereocenters. The van der Waals surface area contributed by atoms with E-state index in [1.807, 2.05) is 0 Å². The maximum absolute atomic E-state index is 12.7. The summed E-state index contributed by atoms with van der Waals surface area (Å²) in [5, 5.41) is 29.3. The Morgan fingerprint density at radius 1 is 1.28 bits per heavy atom. The van der Waals surface area contributed by atoms with Crippen molar-refractivity contribution in [3.05, 3.63) is 20.8 Å². The van der Waals surface area contributed by atoms with Crippen molar-refractivity contribution >= 4 is 28.7 Å². The van der Waals surface area contributed by atoms with Crippen LogP contribution in [0.1, 0.15) is 6.23 Å². The second-order valence-electron chi connectivity index (χ2n) is 5.54. The lowest BCUT2D eigenvalue weighted by atomic mass is 10.1. The smallest absolute Gasteiger partial charge is 0.332 e. The molecule has 0 unspecified atom stereocenters. The van der Waals surface area contributed by atoms with Crippen LogP contribution in [0.5, 0.6) is 0 Å². The van der Waals surface area contributed by atoms with Crippen molar-refractivity contribution in [2.24, 2.45) is 0 Å². The molecule has 0 aromatic carbocycles. The van der Waals surface area contributed by atoms with Crippen LogP contribution in [0.3, 0.4) is 0 Å². The van der Waals surface area contributed by atoms with E-state index in [2.05, 4.69) is 4.98 Å². The molecule has 1 saturated heterocycles. The highest BCUT2D eigenvalue weighted by atomic mass is 35.5. The molecule has 7 N–H and O–H groups in total. The topological polar surface area (TPSA) is 184 Å². The summed E-state index contributed by atoms with van der Waals surface area (Å²) in [7, 11) is 0.